The summed E-state index contributed by atoms with van der Waals surface area (Å²) >= 11 is 0. The Morgan fingerprint density at radius 2 is 2.23 bits per heavy atom. The van der Waals surface area contributed by atoms with Gasteiger partial charge < -0.3 is 24.4 Å². The van der Waals surface area contributed by atoms with Gasteiger partial charge in [-0.25, -0.2) is 4.79 Å². The van der Waals surface area contributed by atoms with Crippen LogP contribution in [0.5, 0.6) is 5.75 Å². The minimum absolute atomic E-state index is 0.287. The average molecular weight is 361 g/mol. The largest absolute Gasteiger partial charge is 0.496 e. The standard InChI is InChI=1S/C19H27N3O4/c1-20-18(22-8-6-19(12-22)7-9-26-13-19)21-11-14-4-5-16(24-2)15(10-14)17(23)25-3/h4-5,10H,6-9,11-13H2,1-3H3,(H,20,21). The van der Waals surface area contributed by atoms with Crippen molar-refractivity contribution in [1.29, 1.82) is 0 Å². The van der Waals surface area contributed by atoms with E-state index in [1.165, 1.54) is 14.2 Å². The summed E-state index contributed by atoms with van der Waals surface area (Å²) in [6.07, 6.45) is 2.27. The second-order valence-electron chi connectivity index (χ2n) is 6.90. The maximum atomic E-state index is 11.9. The minimum atomic E-state index is -0.407. The molecule has 0 saturated carbocycles. The van der Waals surface area contributed by atoms with E-state index in [2.05, 4.69) is 15.2 Å². The van der Waals surface area contributed by atoms with Crippen molar-refractivity contribution >= 4 is 11.9 Å². The van der Waals surface area contributed by atoms with Gasteiger partial charge in [0.25, 0.3) is 0 Å². The van der Waals surface area contributed by atoms with Gasteiger partial charge >= 0.3 is 5.97 Å². The van der Waals surface area contributed by atoms with Crippen LogP contribution in [0.1, 0.15) is 28.8 Å². The molecule has 1 spiro atoms. The predicted molar refractivity (Wildman–Crippen MR) is 98.6 cm³/mol. The Hall–Kier alpha value is -2.28. The van der Waals surface area contributed by atoms with Gasteiger partial charge in [0.1, 0.15) is 11.3 Å². The molecule has 26 heavy (non-hydrogen) atoms. The number of carbonyl (C=O) groups excluding carboxylic acids is 1. The first kappa shape index (κ1) is 18.5. The quantitative estimate of drug-likeness (QED) is 0.500. The Morgan fingerprint density at radius 1 is 1.38 bits per heavy atom. The van der Waals surface area contributed by atoms with Crippen LogP contribution in [0.3, 0.4) is 0 Å². The first-order chi connectivity index (χ1) is 12.6. The Balaban J connectivity index is 1.65. The van der Waals surface area contributed by atoms with E-state index in [0.717, 1.165) is 50.7 Å². The molecule has 1 aromatic rings. The van der Waals surface area contributed by atoms with Crippen molar-refractivity contribution in [2.75, 3.05) is 47.6 Å². The zero-order valence-electron chi connectivity index (χ0n) is 15.7. The molecule has 0 aliphatic carbocycles. The molecule has 1 atom stereocenters. The summed E-state index contributed by atoms with van der Waals surface area (Å²) in [7, 11) is 4.70. The van der Waals surface area contributed by atoms with Crippen LogP contribution < -0.4 is 10.1 Å². The zero-order valence-corrected chi connectivity index (χ0v) is 15.7. The number of ether oxygens (including phenoxy) is 3. The number of nitrogens with zero attached hydrogens (tertiary/aromatic N) is 2. The summed E-state index contributed by atoms with van der Waals surface area (Å²) in [6, 6.07) is 5.51. The fourth-order valence-corrected chi connectivity index (χ4v) is 3.74. The fraction of sp³-hybridized carbons (Fsp3) is 0.579. The fourth-order valence-electron chi connectivity index (χ4n) is 3.74. The van der Waals surface area contributed by atoms with Gasteiger partial charge in [0.2, 0.25) is 0 Å². The molecule has 1 unspecified atom stereocenters. The number of hydrogen-bond donors (Lipinski definition) is 1. The molecule has 2 saturated heterocycles. The van der Waals surface area contributed by atoms with Gasteiger partial charge in [-0.2, -0.15) is 0 Å². The first-order valence-corrected chi connectivity index (χ1v) is 8.89. The van der Waals surface area contributed by atoms with E-state index in [1.54, 1.807) is 19.2 Å². The number of benzene rings is 1. The molecule has 0 amide bonds. The Bertz CT molecular complexity index is 683. The van der Waals surface area contributed by atoms with Crippen LogP contribution >= 0.6 is 0 Å². The number of aliphatic imine (C=N–C) groups is 1. The number of nitrogens with one attached hydrogen (secondary N) is 1. The Morgan fingerprint density at radius 3 is 2.88 bits per heavy atom. The zero-order chi connectivity index (χ0) is 18.6. The first-order valence-electron chi connectivity index (χ1n) is 8.89. The SMILES string of the molecule is CN=C(NCc1ccc(OC)c(C(=O)OC)c1)N1CCC2(CCOC2)C1. The van der Waals surface area contributed by atoms with Crippen LogP contribution in [0.15, 0.2) is 23.2 Å². The highest BCUT2D eigenvalue weighted by Gasteiger charge is 2.42. The molecule has 142 valence electrons. The lowest BCUT2D eigenvalue weighted by molar-refractivity contribution is 0.0597. The van der Waals surface area contributed by atoms with E-state index >= 15 is 0 Å². The summed E-state index contributed by atoms with van der Waals surface area (Å²) in [4.78, 5) is 18.6. The smallest absolute Gasteiger partial charge is 0.341 e. The van der Waals surface area contributed by atoms with Gasteiger partial charge in [-0.3, -0.25) is 4.99 Å². The van der Waals surface area contributed by atoms with Gasteiger partial charge in [0.05, 0.1) is 20.8 Å². The third kappa shape index (κ3) is 3.77. The number of hydrogen-bond acceptors (Lipinski definition) is 5. The predicted octanol–water partition coefficient (Wildman–Crippen LogP) is 1.67. The van der Waals surface area contributed by atoms with E-state index in [1.807, 2.05) is 6.07 Å². The highest BCUT2D eigenvalue weighted by atomic mass is 16.5. The molecule has 2 heterocycles. The Kier molecular flexibility index (Phi) is 5.66. The van der Waals surface area contributed by atoms with Crippen molar-refractivity contribution in [3.05, 3.63) is 29.3 Å². The maximum Gasteiger partial charge on any atom is 0.341 e. The van der Waals surface area contributed by atoms with E-state index < -0.39 is 5.97 Å². The van der Waals surface area contributed by atoms with Crippen LogP contribution in [0.4, 0.5) is 0 Å². The molecule has 0 radical (unpaired) electrons. The lowest BCUT2D eigenvalue weighted by Crippen LogP contribution is -2.41. The Labute approximate surface area is 154 Å². The van der Waals surface area contributed by atoms with Crippen molar-refractivity contribution in [3.63, 3.8) is 0 Å². The highest BCUT2D eigenvalue weighted by Crippen LogP contribution is 2.38. The van der Waals surface area contributed by atoms with Crippen molar-refractivity contribution in [1.82, 2.24) is 10.2 Å². The monoisotopic (exact) mass is 361 g/mol. The number of esters is 1. The molecule has 2 aliphatic rings. The van der Waals surface area contributed by atoms with Crippen LogP contribution in [-0.2, 0) is 16.0 Å². The normalized spacial score (nSPS) is 22.7. The third-order valence-electron chi connectivity index (χ3n) is 5.25. The minimum Gasteiger partial charge on any atom is -0.496 e. The second kappa shape index (κ2) is 7.95. The third-order valence-corrected chi connectivity index (χ3v) is 5.25. The van der Waals surface area contributed by atoms with Gasteiger partial charge in [-0.15, -0.1) is 0 Å². The highest BCUT2D eigenvalue weighted by molar-refractivity contribution is 5.92. The maximum absolute atomic E-state index is 11.9. The van der Waals surface area contributed by atoms with Crippen molar-refractivity contribution < 1.29 is 19.0 Å². The molecule has 7 nitrogen and oxygen atoms in total. The van der Waals surface area contributed by atoms with Gasteiger partial charge in [0, 0.05) is 38.7 Å². The summed E-state index contributed by atoms with van der Waals surface area (Å²) in [6.45, 7) is 4.24. The molecule has 3 rings (SSSR count). The van der Waals surface area contributed by atoms with E-state index in [9.17, 15) is 4.79 Å². The number of likely N-dealkylation sites (tertiary alicyclic amines) is 1. The average Bonchev–Trinajstić information content (AvgIpc) is 3.31. The van der Waals surface area contributed by atoms with E-state index in [4.69, 9.17) is 14.2 Å². The lowest BCUT2D eigenvalue weighted by Gasteiger charge is -2.25. The van der Waals surface area contributed by atoms with Crippen LogP contribution in [0.2, 0.25) is 0 Å². The molecular weight excluding hydrogens is 334 g/mol. The van der Waals surface area contributed by atoms with Crippen LogP contribution in [-0.4, -0.2) is 64.4 Å². The van der Waals surface area contributed by atoms with Crippen molar-refractivity contribution in [3.8, 4) is 5.75 Å². The topological polar surface area (TPSA) is 72.4 Å². The van der Waals surface area contributed by atoms with Gasteiger partial charge in [-0.05, 0) is 30.5 Å². The van der Waals surface area contributed by atoms with E-state index in [0.29, 0.717) is 17.9 Å². The van der Waals surface area contributed by atoms with E-state index in [-0.39, 0.29) is 5.41 Å². The molecule has 1 aromatic carbocycles. The number of rotatable bonds is 4. The molecule has 0 bridgehead atoms. The van der Waals surface area contributed by atoms with Gasteiger partial charge in [0.15, 0.2) is 5.96 Å². The van der Waals surface area contributed by atoms with Gasteiger partial charge in [-0.1, -0.05) is 6.07 Å². The molecule has 0 aromatic heterocycles. The van der Waals surface area contributed by atoms with Crippen LogP contribution in [0.25, 0.3) is 0 Å². The number of guanidine groups is 1. The lowest BCUT2D eigenvalue weighted by atomic mass is 9.87. The summed E-state index contributed by atoms with van der Waals surface area (Å²) in [5, 5.41) is 3.40. The van der Waals surface area contributed by atoms with Crippen LogP contribution in [0, 0.1) is 5.41 Å². The number of carbonyl (C=O) groups is 1. The second-order valence-corrected chi connectivity index (χ2v) is 6.90. The molecule has 7 heteroatoms. The summed E-state index contributed by atoms with van der Waals surface area (Å²) < 4.78 is 15.7. The molecule has 2 aliphatic heterocycles. The number of methoxy groups -OCH3 is 2. The molecule has 2 fully saturated rings. The summed E-state index contributed by atoms with van der Waals surface area (Å²) in [5.41, 5.74) is 1.67. The summed E-state index contributed by atoms with van der Waals surface area (Å²) in [5.74, 6) is 0.979. The molecular formula is C19H27N3O4. The van der Waals surface area contributed by atoms with Crippen molar-refractivity contribution in [2.24, 2.45) is 10.4 Å². The molecule has 1 N–H and O–H groups in total. The van der Waals surface area contributed by atoms with Crippen molar-refractivity contribution in [2.45, 2.75) is 19.4 Å².